The molecule has 0 saturated carbocycles. The Morgan fingerprint density at radius 2 is 1.19 bits per heavy atom. The first-order chi connectivity index (χ1) is 17.8. The molecule has 0 aliphatic carbocycles. The quantitative estimate of drug-likeness (QED) is 0.231. The molecule has 0 amide bonds. The van der Waals surface area contributed by atoms with Crippen LogP contribution in [0.5, 0.6) is 0 Å². The van der Waals surface area contributed by atoms with Gasteiger partial charge in [0.05, 0.1) is 11.1 Å². The second-order valence-corrected chi connectivity index (χ2v) is 9.40. The standard InChI is InChI=1S/C32H19ClF3N/c33-29-18-27(17-28(19-29)32(34,35)36)25-13-9-21-8-12-24(15-26(21)16-25)20-6-10-22(11-7-20)30-5-1-3-23-4-2-14-37-31(23)30/h1-19H. The average molecular weight is 510 g/mol. The topological polar surface area (TPSA) is 12.9 Å². The van der Waals surface area contributed by atoms with Crippen LogP contribution in [-0.2, 0) is 6.18 Å². The summed E-state index contributed by atoms with van der Waals surface area (Å²) in [6.07, 6.45) is -2.66. The third kappa shape index (κ3) is 4.56. The maximum absolute atomic E-state index is 13.3. The molecule has 37 heavy (non-hydrogen) atoms. The van der Waals surface area contributed by atoms with Gasteiger partial charge in [0, 0.05) is 22.2 Å². The zero-order valence-electron chi connectivity index (χ0n) is 19.4. The second-order valence-electron chi connectivity index (χ2n) is 8.96. The first-order valence-electron chi connectivity index (χ1n) is 11.7. The van der Waals surface area contributed by atoms with E-state index < -0.39 is 11.7 Å². The van der Waals surface area contributed by atoms with Gasteiger partial charge in [-0.3, -0.25) is 4.98 Å². The van der Waals surface area contributed by atoms with E-state index in [1.807, 2.05) is 36.4 Å². The molecule has 1 aromatic heterocycles. The normalized spacial score (nSPS) is 11.8. The van der Waals surface area contributed by atoms with Crippen LogP contribution in [0.15, 0.2) is 115 Å². The summed E-state index contributed by atoms with van der Waals surface area (Å²) in [4.78, 5) is 4.56. The van der Waals surface area contributed by atoms with Crippen molar-refractivity contribution in [2.24, 2.45) is 0 Å². The fourth-order valence-corrected chi connectivity index (χ4v) is 4.94. The number of hydrogen-bond acceptors (Lipinski definition) is 1. The fourth-order valence-electron chi connectivity index (χ4n) is 4.71. The summed E-state index contributed by atoms with van der Waals surface area (Å²) in [5, 5.41) is 3.09. The van der Waals surface area contributed by atoms with E-state index >= 15 is 0 Å². The molecule has 0 spiro atoms. The smallest absolute Gasteiger partial charge is 0.256 e. The molecule has 0 aliphatic heterocycles. The molecule has 1 nitrogen and oxygen atoms in total. The fraction of sp³-hybridized carbons (Fsp3) is 0.0312. The van der Waals surface area contributed by atoms with Crippen LogP contribution in [0, 0.1) is 0 Å². The van der Waals surface area contributed by atoms with Gasteiger partial charge in [-0.2, -0.15) is 13.2 Å². The molecule has 0 saturated heterocycles. The molecule has 0 atom stereocenters. The van der Waals surface area contributed by atoms with Gasteiger partial charge >= 0.3 is 6.18 Å². The highest BCUT2D eigenvalue weighted by Crippen LogP contribution is 2.36. The number of halogens is 4. The highest BCUT2D eigenvalue weighted by molar-refractivity contribution is 6.31. The van der Waals surface area contributed by atoms with Crippen molar-refractivity contribution >= 4 is 33.3 Å². The van der Waals surface area contributed by atoms with Gasteiger partial charge in [0.2, 0.25) is 0 Å². The molecule has 0 unspecified atom stereocenters. The minimum Gasteiger partial charge on any atom is -0.256 e. The van der Waals surface area contributed by atoms with Crippen molar-refractivity contribution in [3.63, 3.8) is 0 Å². The first kappa shape index (κ1) is 23.3. The highest BCUT2D eigenvalue weighted by Gasteiger charge is 2.31. The van der Waals surface area contributed by atoms with Crippen molar-refractivity contribution in [1.82, 2.24) is 4.98 Å². The maximum Gasteiger partial charge on any atom is 0.416 e. The van der Waals surface area contributed by atoms with E-state index in [1.165, 1.54) is 0 Å². The van der Waals surface area contributed by atoms with Crippen molar-refractivity contribution in [1.29, 1.82) is 0 Å². The van der Waals surface area contributed by atoms with Crippen LogP contribution in [0.3, 0.4) is 0 Å². The monoisotopic (exact) mass is 509 g/mol. The number of fused-ring (bicyclic) bond motifs is 2. The molecule has 0 aliphatic rings. The van der Waals surface area contributed by atoms with Crippen LogP contribution in [0.2, 0.25) is 5.02 Å². The molecule has 0 bridgehead atoms. The van der Waals surface area contributed by atoms with Gasteiger partial charge in [-0.25, -0.2) is 0 Å². The average Bonchev–Trinajstić information content (AvgIpc) is 2.91. The Balaban J connectivity index is 1.37. The first-order valence-corrected chi connectivity index (χ1v) is 12.1. The third-order valence-electron chi connectivity index (χ3n) is 6.56. The lowest BCUT2D eigenvalue weighted by Gasteiger charge is -2.11. The zero-order valence-corrected chi connectivity index (χ0v) is 20.2. The predicted octanol–water partition coefficient (Wildman–Crippen LogP) is 10.1. The minimum absolute atomic E-state index is 0.0557. The maximum atomic E-state index is 13.3. The van der Waals surface area contributed by atoms with Gasteiger partial charge in [-0.15, -0.1) is 0 Å². The lowest BCUT2D eigenvalue weighted by Crippen LogP contribution is -2.04. The number of rotatable bonds is 3. The number of pyridine rings is 1. The molecule has 5 heteroatoms. The molecule has 6 rings (SSSR count). The van der Waals surface area contributed by atoms with E-state index in [0.717, 1.165) is 56.1 Å². The van der Waals surface area contributed by atoms with E-state index in [-0.39, 0.29) is 5.02 Å². The zero-order chi connectivity index (χ0) is 25.6. The van der Waals surface area contributed by atoms with Crippen molar-refractivity contribution in [3.8, 4) is 33.4 Å². The van der Waals surface area contributed by atoms with Gasteiger partial charge < -0.3 is 0 Å². The number of benzene rings is 5. The Morgan fingerprint density at radius 1 is 0.541 bits per heavy atom. The summed E-state index contributed by atoms with van der Waals surface area (Å²) in [5.74, 6) is 0. The summed E-state index contributed by atoms with van der Waals surface area (Å²) < 4.78 is 39.9. The molecule has 0 N–H and O–H groups in total. The van der Waals surface area contributed by atoms with Crippen molar-refractivity contribution in [2.45, 2.75) is 6.18 Å². The van der Waals surface area contributed by atoms with Crippen LogP contribution in [-0.4, -0.2) is 4.98 Å². The lowest BCUT2D eigenvalue weighted by atomic mass is 9.95. The minimum atomic E-state index is -4.46. The Hall–Kier alpha value is -4.15. The summed E-state index contributed by atoms with van der Waals surface area (Å²) in [7, 11) is 0. The molecular weight excluding hydrogens is 491 g/mol. The predicted molar refractivity (Wildman–Crippen MR) is 146 cm³/mol. The van der Waals surface area contributed by atoms with Gasteiger partial charge in [-0.05, 0) is 75.0 Å². The third-order valence-corrected chi connectivity index (χ3v) is 6.78. The van der Waals surface area contributed by atoms with Crippen molar-refractivity contribution in [2.75, 3.05) is 0 Å². The summed E-state index contributed by atoms with van der Waals surface area (Å²) in [6, 6.07) is 33.9. The number of alkyl halides is 3. The van der Waals surface area contributed by atoms with Crippen LogP contribution in [0.25, 0.3) is 55.1 Å². The molecule has 6 aromatic rings. The van der Waals surface area contributed by atoms with Gasteiger partial charge in [0.1, 0.15) is 0 Å². The second kappa shape index (κ2) is 9.06. The van der Waals surface area contributed by atoms with Crippen molar-refractivity contribution < 1.29 is 13.2 Å². The number of nitrogens with zero attached hydrogens (tertiary/aromatic N) is 1. The molecule has 0 radical (unpaired) electrons. The Kier molecular flexibility index (Phi) is 5.69. The molecule has 180 valence electrons. The molecular formula is C32H19ClF3N. The van der Waals surface area contributed by atoms with E-state index in [9.17, 15) is 13.2 Å². The lowest BCUT2D eigenvalue weighted by molar-refractivity contribution is -0.137. The van der Waals surface area contributed by atoms with E-state index in [2.05, 4.69) is 59.6 Å². The van der Waals surface area contributed by atoms with Gasteiger partial charge in [0.15, 0.2) is 0 Å². The number of para-hydroxylation sites is 1. The van der Waals surface area contributed by atoms with Crippen LogP contribution >= 0.6 is 11.6 Å². The number of hydrogen-bond donors (Lipinski definition) is 0. The Labute approximate surface area is 216 Å². The highest BCUT2D eigenvalue weighted by atomic mass is 35.5. The van der Waals surface area contributed by atoms with Gasteiger partial charge in [0.25, 0.3) is 0 Å². The number of aromatic nitrogens is 1. The Morgan fingerprint density at radius 3 is 1.92 bits per heavy atom. The van der Waals surface area contributed by atoms with Crippen molar-refractivity contribution in [3.05, 3.63) is 126 Å². The summed E-state index contributed by atoms with van der Waals surface area (Å²) in [6.45, 7) is 0. The van der Waals surface area contributed by atoms with Crippen LogP contribution in [0.1, 0.15) is 5.56 Å². The summed E-state index contributed by atoms with van der Waals surface area (Å²) in [5.41, 5.74) is 5.54. The van der Waals surface area contributed by atoms with E-state index in [1.54, 1.807) is 12.3 Å². The SMILES string of the molecule is FC(F)(F)c1cc(Cl)cc(-c2ccc3ccc(-c4ccc(-c5cccc6cccnc56)cc4)cc3c2)c1. The molecule has 5 aromatic carbocycles. The molecule has 0 fully saturated rings. The van der Waals surface area contributed by atoms with Crippen LogP contribution < -0.4 is 0 Å². The Bertz CT molecular complexity index is 1770. The molecule has 1 heterocycles. The van der Waals surface area contributed by atoms with Crippen LogP contribution in [0.4, 0.5) is 13.2 Å². The van der Waals surface area contributed by atoms with Gasteiger partial charge in [-0.1, -0.05) is 84.4 Å². The summed E-state index contributed by atoms with van der Waals surface area (Å²) >= 11 is 6.01. The van der Waals surface area contributed by atoms with E-state index in [4.69, 9.17) is 11.6 Å². The van der Waals surface area contributed by atoms with E-state index in [0.29, 0.717) is 11.1 Å². The largest absolute Gasteiger partial charge is 0.416 e.